The third kappa shape index (κ3) is 4.43. The van der Waals surface area contributed by atoms with Crippen LogP contribution in [0.15, 0.2) is 16.6 Å². The molecule has 0 aliphatic heterocycles. The van der Waals surface area contributed by atoms with E-state index in [1.807, 2.05) is 0 Å². The van der Waals surface area contributed by atoms with Crippen molar-refractivity contribution in [3.8, 4) is 0 Å². The van der Waals surface area contributed by atoms with E-state index in [1.165, 1.54) is 13.0 Å². The van der Waals surface area contributed by atoms with E-state index in [9.17, 15) is 30.7 Å². The molecule has 0 atom stereocenters. The summed E-state index contributed by atoms with van der Waals surface area (Å²) in [5.74, 6) is 0. The van der Waals surface area contributed by atoms with Gasteiger partial charge in [0, 0.05) is 16.5 Å². The third-order valence-corrected chi connectivity index (χ3v) is 4.30. The topological polar surface area (TPSA) is 0 Å². The number of halogens is 11. The Morgan fingerprint density at radius 2 is 1.38 bits per heavy atom. The molecule has 0 heterocycles. The van der Waals surface area contributed by atoms with Gasteiger partial charge in [0.15, 0.2) is 3.79 Å². The van der Waals surface area contributed by atoms with Crippen LogP contribution in [0.3, 0.4) is 0 Å². The highest BCUT2D eigenvalue weighted by molar-refractivity contribution is 9.10. The van der Waals surface area contributed by atoms with E-state index in [1.54, 1.807) is 0 Å². The number of hydrogen-bond donors (Lipinski definition) is 0. The maximum atomic E-state index is 14.5. The van der Waals surface area contributed by atoms with Crippen molar-refractivity contribution in [1.82, 2.24) is 0 Å². The molecular weight excluding hydrogens is 475 g/mol. The Bertz CT molecular complexity index is 591. The SMILES string of the molecule is CCc1cc(Br)c(CC(Cl)(Cl)Cl)c(C(F)(C(F)(F)F)C(F)(F)F)c1. The molecule has 0 amide bonds. The molecule has 0 aliphatic rings. The number of alkyl halides is 10. The Kier molecular flexibility index (Phi) is 6.46. The van der Waals surface area contributed by atoms with E-state index in [-0.39, 0.29) is 16.5 Å². The monoisotopic (exact) mass is 482 g/mol. The highest BCUT2D eigenvalue weighted by Crippen LogP contribution is 2.55. The second kappa shape index (κ2) is 7.00. The summed E-state index contributed by atoms with van der Waals surface area (Å²) in [4.78, 5) is 0. The number of rotatable bonds is 3. The first-order chi connectivity index (χ1) is 10.5. The van der Waals surface area contributed by atoms with Crippen LogP contribution >= 0.6 is 50.7 Å². The van der Waals surface area contributed by atoms with Gasteiger partial charge in [-0.3, -0.25) is 0 Å². The average molecular weight is 484 g/mol. The molecule has 0 saturated heterocycles. The van der Waals surface area contributed by atoms with Crippen LogP contribution in [0.5, 0.6) is 0 Å². The summed E-state index contributed by atoms with van der Waals surface area (Å²) < 4.78 is 90.4. The zero-order chi connectivity index (χ0) is 19.1. The average Bonchev–Trinajstić information content (AvgIpc) is 2.35. The first-order valence-electron chi connectivity index (χ1n) is 6.25. The zero-order valence-electron chi connectivity index (χ0n) is 11.7. The van der Waals surface area contributed by atoms with E-state index < -0.39 is 39.4 Å². The van der Waals surface area contributed by atoms with Gasteiger partial charge in [-0.2, -0.15) is 26.3 Å². The molecule has 0 saturated carbocycles. The van der Waals surface area contributed by atoms with Gasteiger partial charge < -0.3 is 0 Å². The van der Waals surface area contributed by atoms with Gasteiger partial charge in [0.25, 0.3) is 0 Å². The van der Waals surface area contributed by atoms with Gasteiger partial charge >= 0.3 is 18.0 Å². The molecule has 11 heteroatoms. The molecule has 0 bridgehead atoms. The molecule has 0 aromatic heterocycles. The number of hydrogen-bond acceptors (Lipinski definition) is 0. The van der Waals surface area contributed by atoms with Gasteiger partial charge in [-0.05, 0) is 23.6 Å². The summed E-state index contributed by atoms with van der Waals surface area (Å²) in [5, 5.41) is 0. The van der Waals surface area contributed by atoms with Crippen molar-refractivity contribution in [2.75, 3.05) is 0 Å². The van der Waals surface area contributed by atoms with Crippen LogP contribution in [-0.2, 0) is 18.5 Å². The van der Waals surface area contributed by atoms with Crippen molar-refractivity contribution in [3.05, 3.63) is 33.3 Å². The van der Waals surface area contributed by atoms with Crippen LogP contribution in [0.1, 0.15) is 23.6 Å². The predicted octanol–water partition coefficient (Wildman–Crippen LogP) is 7.21. The lowest BCUT2D eigenvalue weighted by atomic mass is 9.87. The normalized spacial score (nSPS) is 14.2. The quantitative estimate of drug-likeness (QED) is 0.314. The Hall–Kier alpha value is 0.0800. The molecular formula is C13H9BrCl3F7. The van der Waals surface area contributed by atoms with E-state index in [4.69, 9.17) is 34.8 Å². The Morgan fingerprint density at radius 1 is 0.917 bits per heavy atom. The van der Waals surface area contributed by atoms with Gasteiger partial charge in [-0.25, -0.2) is 4.39 Å². The summed E-state index contributed by atoms with van der Waals surface area (Å²) in [6, 6.07) is 1.75. The lowest BCUT2D eigenvalue weighted by Gasteiger charge is -2.33. The minimum atomic E-state index is -6.25. The predicted molar refractivity (Wildman–Crippen MR) is 82.4 cm³/mol. The van der Waals surface area contributed by atoms with E-state index in [0.29, 0.717) is 6.07 Å². The number of benzene rings is 1. The van der Waals surface area contributed by atoms with Crippen molar-refractivity contribution in [1.29, 1.82) is 0 Å². The molecule has 24 heavy (non-hydrogen) atoms. The molecule has 0 radical (unpaired) electrons. The summed E-state index contributed by atoms with van der Waals surface area (Å²) >= 11 is 19.3. The van der Waals surface area contributed by atoms with Gasteiger partial charge in [-0.15, -0.1) is 0 Å². The van der Waals surface area contributed by atoms with Crippen molar-refractivity contribution in [2.24, 2.45) is 0 Å². The standard InChI is InChI=1S/C13H9BrCl3F7/c1-2-6-3-8(7(9(14)4-6)5-10(15,16)17)11(18,12(19,20)21)13(22,23)24/h3-4H,2,5H2,1H3. The van der Waals surface area contributed by atoms with E-state index in [2.05, 4.69) is 15.9 Å². The van der Waals surface area contributed by atoms with Crippen LogP contribution in [0, 0.1) is 0 Å². The van der Waals surface area contributed by atoms with Crippen LogP contribution in [0.4, 0.5) is 30.7 Å². The number of aryl methyl sites for hydroxylation is 1. The van der Waals surface area contributed by atoms with Gasteiger partial charge in [0.1, 0.15) is 0 Å². The molecule has 138 valence electrons. The maximum absolute atomic E-state index is 14.5. The van der Waals surface area contributed by atoms with Crippen molar-refractivity contribution in [2.45, 2.75) is 41.6 Å². The maximum Gasteiger partial charge on any atom is 0.435 e. The molecule has 0 unspecified atom stereocenters. The molecule has 1 aromatic carbocycles. The van der Waals surface area contributed by atoms with Crippen LogP contribution in [0.25, 0.3) is 0 Å². The fourth-order valence-electron chi connectivity index (χ4n) is 2.05. The smallest absolute Gasteiger partial charge is 0.218 e. The molecule has 1 rings (SSSR count). The Balaban J connectivity index is 3.85. The second-order valence-corrected chi connectivity index (χ2v) is 8.27. The second-order valence-electron chi connectivity index (χ2n) is 4.90. The van der Waals surface area contributed by atoms with Crippen molar-refractivity contribution >= 4 is 50.7 Å². The van der Waals surface area contributed by atoms with Gasteiger partial charge in [0.05, 0.1) is 0 Å². The lowest BCUT2D eigenvalue weighted by Crippen LogP contribution is -2.51. The summed E-state index contributed by atoms with van der Waals surface area (Å²) in [5.41, 5.74) is -7.90. The minimum Gasteiger partial charge on any atom is -0.218 e. The summed E-state index contributed by atoms with van der Waals surface area (Å²) in [7, 11) is 0. The lowest BCUT2D eigenvalue weighted by molar-refractivity contribution is -0.348. The third-order valence-electron chi connectivity index (χ3n) is 3.19. The fourth-order valence-corrected chi connectivity index (χ4v) is 3.10. The van der Waals surface area contributed by atoms with Gasteiger partial charge in [-0.1, -0.05) is 63.7 Å². The first kappa shape index (κ1) is 22.1. The van der Waals surface area contributed by atoms with Gasteiger partial charge in [0.2, 0.25) is 0 Å². The fraction of sp³-hybridized carbons (Fsp3) is 0.538. The van der Waals surface area contributed by atoms with Crippen LogP contribution in [-0.4, -0.2) is 16.1 Å². The van der Waals surface area contributed by atoms with E-state index >= 15 is 0 Å². The van der Waals surface area contributed by atoms with Crippen molar-refractivity contribution in [3.63, 3.8) is 0 Å². The molecule has 0 N–H and O–H groups in total. The summed E-state index contributed by atoms with van der Waals surface area (Å²) in [6.45, 7) is 1.49. The highest BCUT2D eigenvalue weighted by Gasteiger charge is 2.74. The highest BCUT2D eigenvalue weighted by atomic mass is 79.9. The first-order valence-corrected chi connectivity index (χ1v) is 8.18. The molecule has 0 spiro atoms. The van der Waals surface area contributed by atoms with E-state index in [0.717, 1.165) is 0 Å². The van der Waals surface area contributed by atoms with Crippen LogP contribution < -0.4 is 0 Å². The molecule has 0 nitrogen and oxygen atoms in total. The minimum absolute atomic E-state index is 0.0560. The Labute approximate surface area is 156 Å². The molecule has 0 fully saturated rings. The Morgan fingerprint density at radius 3 is 1.71 bits per heavy atom. The largest absolute Gasteiger partial charge is 0.435 e. The summed E-state index contributed by atoms with van der Waals surface area (Å²) in [6.07, 6.45) is -13.3. The van der Waals surface area contributed by atoms with Crippen molar-refractivity contribution < 1.29 is 30.7 Å². The zero-order valence-corrected chi connectivity index (χ0v) is 15.6. The molecule has 1 aromatic rings. The van der Waals surface area contributed by atoms with Crippen LogP contribution in [0.2, 0.25) is 0 Å². The molecule has 0 aliphatic carbocycles.